The van der Waals surface area contributed by atoms with Gasteiger partial charge in [0.05, 0.1) is 44.6 Å². The first-order valence-corrected chi connectivity index (χ1v) is 13.4. The number of allylic oxidation sites excluding steroid dienone is 1. The van der Waals surface area contributed by atoms with Crippen LogP contribution in [0, 0.1) is 0 Å². The molecule has 2 aromatic rings. The Morgan fingerprint density at radius 3 is 2.51 bits per heavy atom. The standard InChI is InChI=1S/C29H33N3O6S/c1-19-26(28(34)38-14-13-35-3)27(23-12-11-22(36-4)16-24(23)37-5)32-21(18-39-29(32)30-19)15-25(33)31(2)17-20-9-7-6-8-10-20/h6-12,16,18,27H,13-15,17H2,1-5H3. The van der Waals surface area contributed by atoms with Crippen molar-refractivity contribution in [3.05, 3.63) is 82.0 Å². The number of carbonyl (C=O) groups is 2. The maximum atomic E-state index is 13.4. The minimum atomic E-state index is -0.623. The van der Waals surface area contributed by atoms with Crippen LogP contribution in [-0.2, 0) is 25.6 Å². The zero-order valence-corrected chi connectivity index (χ0v) is 23.6. The van der Waals surface area contributed by atoms with E-state index in [9.17, 15) is 9.59 Å². The lowest BCUT2D eigenvalue weighted by Crippen LogP contribution is -2.38. The van der Waals surface area contributed by atoms with E-state index in [1.165, 1.54) is 11.8 Å². The van der Waals surface area contributed by atoms with Gasteiger partial charge in [-0.3, -0.25) is 4.79 Å². The Kier molecular flexibility index (Phi) is 9.32. The van der Waals surface area contributed by atoms with Gasteiger partial charge in [0.1, 0.15) is 18.1 Å². The minimum absolute atomic E-state index is 0.0529. The summed E-state index contributed by atoms with van der Waals surface area (Å²) in [5.74, 6) is 0.607. The summed E-state index contributed by atoms with van der Waals surface area (Å²) >= 11 is 1.42. The van der Waals surface area contributed by atoms with Gasteiger partial charge in [0.2, 0.25) is 5.91 Å². The number of rotatable bonds is 11. The van der Waals surface area contributed by atoms with Crippen LogP contribution in [0.5, 0.6) is 11.5 Å². The lowest BCUT2D eigenvalue weighted by Gasteiger charge is -2.37. The van der Waals surface area contributed by atoms with Crippen LogP contribution < -0.4 is 9.47 Å². The van der Waals surface area contributed by atoms with Crippen molar-refractivity contribution in [1.29, 1.82) is 0 Å². The van der Waals surface area contributed by atoms with Crippen molar-refractivity contribution in [1.82, 2.24) is 9.80 Å². The van der Waals surface area contributed by atoms with Crippen LogP contribution >= 0.6 is 11.8 Å². The number of amidine groups is 1. The van der Waals surface area contributed by atoms with Gasteiger partial charge in [0.25, 0.3) is 0 Å². The first-order valence-electron chi connectivity index (χ1n) is 12.5. The summed E-state index contributed by atoms with van der Waals surface area (Å²) in [6.45, 7) is 2.66. The molecule has 2 aliphatic rings. The van der Waals surface area contributed by atoms with Crippen LogP contribution in [0.2, 0.25) is 0 Å². The zero-order chi connectivity index (χ0) is 27.9. The van der Waals surface area contributed by atoms with Crippen LogP contribution in [-0.4, -0.2) is 68.4 Å². The van der Waals surface area contributed by atoms with Crippen molar-refractivity contribution >= 4 is 28.8 Å². The van der Waals surface area contributed by atoms with Crippen molar-refractivity contribution < 1.29 is 28.5 Å². The molecule has 1 atom stereocenters. The van der Waals surface area contributed by atoms with Gasteiger partial charge in [-0.1, -0.05) is 42.1 Å². The predicted molar refractivity (Wildman–Crippen MR) is 150 cm³/mol. The van der Waals surface area contributed by atoms with E-state index < -0.39 is 12.0 Å². The van der Waals surface area contributed by atoms with Crippen LogP contribution in [0.1, 0.15) is 30.5 Å². The second-order valence-corrected chi connectivity index (χ2v) is 9.88. The molecule has 0 saturated carbocycles. The first-order chi connectivity index (χ1) is 18.9. The van der Waals surface area contributed by atoms with Gasteiger partial charge in [-0.25, -0.2) is 9.79 Å². The molecule has 39 heavy (non-hydrogen) atoms. The fourth-order valence-electron chi connectivity index (χ4n) is 4.50. The summed E-state index contributed by atoms with van der Waals surface area (Å²) in [5, 5.41) is 2.60. The molecule has 0 N–H and O–H groups in total. The number of carbonyl (C=O) groups excluding carboxylic acids is 2. The Bertz CT molecular complexity index is 1310. The summed E-state index contributed by atoms with van der Waals surface area (Å²) in [5.41, 5.74) is 3.42. The third-order valence-electron chi connectivity index (χ3n) is 6.50. The van der Waals surface area contributed by atoms with Gasteiger partial charge in [0, 0.05) is 38.0 Å². The molecule has 1 amide bonds. The average molecular weight is 552 g/mol. The normalized spacial score (nSPS) is 16.3. The van der Waals surface area contributed by atoms with E-state index in [4.69, 9.17) is 23.9 Å². The Hall–Kier alpha value is -3.76. The molecule has 2 aromatic carbocycles. The summed E-state index contributed by atoms with van der Waals surface area (Å²) in [6, 6.07) is 14.7. The summed E-state index contributed by atoms with van der Waals surface area (Å²) < 4.78 is 21.7. The second kappa shape index (κ2) is 12.9. The molecule has 1 unspecified atom stereocenters. The summed E-state index contributed by atoms with van der Waals surface area (Å²) in [6.07, 6.45) is 0.134. The molecule has 0 fully saturated rings. The molecule has 2 aliphatic heterocycles. The number of fused-ring (bicyclic) bond motifs is 1. The SMILES string of the molecule is COCCOC(=O)C1=C(C)N=C2SC=C(CC(=O)N(C)Cc3ccccc3)N2C1c1ccc(OC)cc1OC. The molecule has 10 heteroatoms. The second-order valence-electron chi connectivity index (χ2n) is 9.04. The average Bonchev–Trinajstić information content (AvgIpc) is 3.34. The van der Waals surface area contributed by atoms with E-state index >= 15 is 0 Å². The maximum Gasteiger partial charge on any atom is 0.338 e. The zero-order valence-electron chi connectivity index (χ0n) is 22.8. The molecule has 2 heterocycles. The van der Waals surface area contributed by atoms with E-state index in [-0.39, 0.29) is 25.5 Å². The summed E-state index contributed by atoms with van der Waals surface area (Å²) in [7, 11) is 6.49. The minimum Gasteiger partial charge on any atom is -0.497 e. The van der Waals surface area contributed by atoms with Crippen molar-refractivity contribution in [3.8, 4) is 11.5 Å². The molecule has 9 nitrogen and oxygen atoms in total. The van der Waals surface area contributed by atoms with E-state index in [1.807, 2.05) is 52.8 Å². The van der Waals surface area contributed by atoms with Crippen LogP contribution in [0.4, 0.5) is 0 Å². The van der Waals surface area contributed by atoms with E-state index in [2.05, 4.69) is 0 Å². The third kappa shape index (κ3) is 6.29. The van der Waals surface area contributed by atoms with Crippen molar-refractivity contribution in [2.75, 3.05) is 41.6 Å². The number of hydrogen-bond acceptors (Lipinski definition) is 9. The number of aliphatic imine (C=N–C) groups is 1. The Morgan fingerprint density at radius 1 is 1.05 bits per heavy atom. The molecular formula is C29H33N3O6S. The maximum absolute atomic E-state index is 13.4. The Morgan fingerprint density at radius 2 is 1.82 bits per heavy atom. The number of nitrogens with zero attached hydrogens (tertiary/aromatic N) is 3. The molecule has 0 aliphatic carbocycles. The van der Waals surface area contributed by atoms with Gasteiger partial charge in [-0.05, 0) is 30.0 Å². The fraction of sp³-hybridized carbons (Fsp3) is 0.345. The highest BCUT2D eigenvalue weighted by atomic mass is 32.2. The van der Waals surface area contributed by atoms with Crippen LogP contribution in [0.25, 0.3) is 0 Å². The number of ether oxygens (including phenoxy) is 4. The number of thioether (sulfide) groups is 1. The molecule has 0 radical (unpaired) electrons. The summed E-state index contributed by atoms with van der Waals surface area (Å²) in [4.78, 5) is 35.1. The monoisotopic (exact) mass is 551 g/mol. The first kappa shape index (κ1) is 28.3. The molecule has 0 spiro atoms. The highest BCUT2D eigenvalue weighted by Gasteiger charge is 2.42. The van der Waals surface area contributed by atoms with Gasteiger partial charge < -0.3 is 28.7 Å². The third-order valence-corrected chi connectivity index (χ3v) is 7.39. The van der Waals surface area contributed by atoms with E-state index in [0.29, 0.717) is 34.5 Å². The van der Waals surface area contributed by atoms with Gasteiger partial charge in [0.15, 0.2) is 5.17 Å². The highest BCUT2D eigenvalue weighted by molar-refractivity contribution is 8.16. The van der Waals surface area contributed by atoms with E-state index in [0.717, 1.165) is 16.8 Å². The molecular weight excluding hydrogens is 518 g/mol. The molecule has 0 bridgehead atoms. The van der Waals surface area contributed by atoms with E-state index in [1.54, 1.807) is 46.3 Å². The van der Waals surface area contributed by atoms with Crippen LogP contribution in [0.15, 0.2) is 75.9 Å². The number of hydrogen-bond donors (Lipinski definition) is 0. The molecule has 206 valence electrons. The Balaban J connectivity index is 1.68. The van der Waals surface area contributed by atoms with Crippen molar-refractivity contribution in [2.45, 2.75) is 25.9 Å². The molecule has 0 saturated heterocycles. The number of esters is 1. The largest absolute Gasteiger partial charge is 0.497 e. The predicted octanol–water partition coefficient (Wildman–Crippen LogP) is 4.52. The number of methoxy groups -OCH3 is 3. The Labute approximate surface area is 233 Å². The fourth-order valence-corrected chi connectivity index (χ4v) is 5.46. The van der Waals surface area contributed by atoms with Gasteiger partial charge >= 0.3 is 5.97 Å². The molecule has 4 rings (SSSR count). The lowest BCUT2D eigenvalue weighted by molar-refractivity contribution is -0.141. The topological polar surface area (TPSA) is 89.9 Å². The van der Waals surface area contributed by atoms with Crippen molar-refractivity contribution in [2.24, 2.45) is 4.99 Å². The quantitative estimate of drug-likeness (QED) is 0.298. The lowest BCUT2D eigenvalue weighted by atomic mass is 9.93. The smallest absolute Gasteiger partial charge is 0.338 e. The highest BCUT2D eigenvalue weighted by Crippen LogP contribution is 2.47. The van der Waals surface area contributed by atoms with Gasteiger partial charge in [-0.2, -0.15) is 0 Å². The van der Waals surface area contributed by atoms with Crippen LogP contribution in [0.3, 0.4) is 0 Å². The van der Waals surface area contributed by atoms with Crippen molar-refractivity contribution in [3.63, 3.8) is 0 Å². The number of benzene rings is 2. The molecule has 0 aromatic heterocycles. The number of amides is 1. The van der Waals surface area contributed by atoms with Gasteiger partial charge in [-0.15, -0.1) is 0 Å².